The molecule has 0 aliphatic rings. The van der Waals surface area contributed by atoms with Gasteiger partial charge >= 0.3 is 0 Å². The van der Waals surface area contributed by atoms with Crippen LogP contribution in [0.5, 0.6) is 0 Å². The zero-order valence-corrected chi connectivity index (χ0v) is 11.0. The fourth-order valence-electron chi connectivity index (χ4n) is 1.08. The average molecular weight is 303 g/mol. The predicted octanol–water partition coefficient (Wildman–Crippen LogP) is 3.51. The molecule has 1 N–H and O–H groups in total. The Kier molecular flexibility index (Phi) is 5.09. The summed E-state index contributed by atoms with van der Waals surface area (Å²) in [6, 6.07) is 1.24. The van der Waals surface area contributed by atoms with E-state index < -0.39 is 5.82 Å². The lowest BCUT2D eigenvalue weighted by atomic mass is 10.3. The summed E-state index contributed by atoms with van der Waals surface area (Å²) in [6.07, 6.45) is 2.77. The topological polar surface area (TPSA) is 54.7 Å². The molecular formula is C11H12BrFN2O2. The van der Waals surface area contributed by atoms with Crippen molar-refractivity contribution in [2.75, 3.05) is 6.61 Å². The largest absolute Gasteiger partial charge is 0.481 e. The maximum Gasteiger partial charge on any atom is 0.278 e. The number of hydrogen-bond donors (Lipinski definition) is 1. The van der Waals surface area contributed by atoms with E-state index in [4.69, 9.17) is 4.74 Å². The Labute approximate surface area is 107 Å². The molecule has 1 aromatic heterocycles. The summed E-state index contributed by atoms with van der Waals surface area (Å²) < 4.78 is 18.1. The van der Waals surface area contributed by atoms with Crippen molar-refractivity contribution in [2.45, 2.75) is 13.8 Å². The smallest absolute Gasteiger partial charge is 0.278 e. The Morgan fingerprint density at radius 2 is 2.41 bits per heavy atom. The molecule has 17 heavy (non-hydrogen) atoms. The zero-order valence-electron chi connectivity index (χ0n) is 9.44. The molecule has 92 valence electrons. The number of pyridine rings is 1. The highest BCUT2D eigenvalue weighted by Gasteiger charge is 2.01. The van der Waals surface area contributed by atoms with Crippen molar-refractivity contribution in [1.29, 1.82) is 0 Å². The molecule has 0 atom stereocenters. The summed E-state index contributed by atoms with van der Waals surface area (Å²) >= 11 is 2.95. The third-order valence-corrected chi connectivity index (χ3v) is 2.30. The molecule has 6 heteroatoms. The summed E-state index contributed by atoms with van der Waals surface area (Å²) in [5, 5.41) is 9.26. The van der Waals surface area contributed by atoms with Crippen molar-refractivity contribution in [3.63, 3.8) is 0 Å². The molecule has 1 heterocycles. The first-order chi connectivity index (χ1) is 8.02. The van der Waals surface area contributed by atoms with Gasteiger partial charge in [-0.3, -0.25) is 4.99 Å². The standard InChI is InChI=1S/C11H12BrFN2O2/c1-3-17-10(16)4-7(2)15-8-5-9(13)11(12)14-6-8/h4-6,16H,3H2,1-2H3. The van der Waals surface area contributed by atoms with E-state index in [2.05, 4.69) is 25.9 Å². The second-order valence-corrected chi connectivity index (χ2v) is 3.89. The van der Waals surface area contributed by atoms with E-state index in [-0.39, 0.29) is 10.5 Å². The summed E-state index contributed by atoms with van der Waals surface area (Å²) in [7, 11) is 0. The van der Waals surface area contributed by atoms with Crippen LogP contribution < -0.4 is 0 Å². The first-order valence-corrected chi connectivity index (χ1v) is 5.72. The second-order valence-electron chi connectivity index (χ2n) is 3.13. The maximum atomic E-state index is 13.1. The Bertz CT molecular complexity index is 461. The SMILES string of the molecule is CCOC(O)=CC(C)=Nc1cnc(Br)c(F)c1. The van der Waals surface area contributed by atoms with Crippen molar-refractivity contribution in [2.24, 2.45) is 4.99 Å². The van der Waals surface area contributed by atoms with Gasteiger partial charge in [0.1, 0.15) is 4.60 Å². The van der Waals surface area contributed by atoms with E-state index in [9.17, 15) is 9.50 Å². The van der Waals surface area contributed by atoms with E-state index in [0.717, 1.165) is 0 Å². The van der Waals surface area contributed by atoms with Gasteiger partial charge in [0.2, 0.25) is 0 Å². The van der Waals surface area contributed by atoms with E-state index >= 15 is 0 Å². The minimum Gasteiger partial charge on any atom is -0.481 e. The first-order valence-electron chi connectivity index (χ1n) is 4.92. The van der Waals surface area contributed by atoms with Gasteiger partial charge in [0.25, 0.3) is 5.95 Å². The Balaban J connectivity index is 2.87. The third kappa shape index (κ3) is 4.52. The van der Waals surface area contributed by atoms with Crippen LogP contribution in [0.15, 0.2) is 33.9 Å². The fraction of sp³-hybridized carbons (Fsp3) is 0.273. The molecule has 1 rings (SSSR count). The normalized spacial score (nSPS) is 12.7. The van der Waals surface area contributed by atoms with Gasteiger partial charge in [-0.25, -0.2) is 9.37 Å². The number of nitrogens with zero attached hydrogens (tertiary/aromatic N) is 2. The Morgan fingerprint density at radius 3 is 3.00 bits per heavy atom. The van der Waals surface area contributed by atoms with Crippen LogP contribution in [0.3, 0.4) is 0 Å². The van der Waals surface area contributed by atoms with Crippen molar-refractivity contribution in [3.8, 4) is 0 Å². The van der Waals surface area contributed by atoms with E-state index in [0.29, 0.717) is 18.0 Å². The molecule has 0 spiro atoms. The molecule has 0 aliphatic heterocycles. The minimum atomic E-state index is -0.489. The molecule has 0 saturated heterocycles. The van der Waals surface area contributed by atoms with Crippen LogP contribution >= 0.6 is 15.9 Å². The monoisotopic (exact) mass is 302 g/mol. The molecule has 0 unspecified atom stereocenters. The average Bonchev–Trinajstić information content (AvgIpc) is 2.23. The third-order valence-electron chi connectivity index (χ3n) is 1.71. The van der Waals surface area contributed by atoms with Crippen LogP contribution in [-0.4, -0.2) is 22.4 Å². The molecule has 0 amide bonds. The van der Waals surface area contributed by atoms with Gasteiger partial charge in [-0.1, -0.05) is 0 Å². The van der Waals surface area contributed by atoms with Gasteiger partial charge in [-0.15, -0.1) is 0 Å². The number of hydrogen-bond acceptors (Lipinski definition) is 4. The number of ether oxygens (including phenoxy) is 1. The number of aliphatic hydroxyl groups excluding tert-OH is 1. The molecule has 0 aliphatic carbocycles. The van der Waals surface area contributed by atoms with Crippen LogP contribution in [0.2, 0.25) is 0 Å². The molecule has 4 nitrogen and oxygen atoms in total. The van der Waals surface area contributed by atoms with Crippen molar-refractivity contribution in [1.82, 2.24) is 4.98 Å². The Hall–Kier alpha value is -1.43. The van der Waals surface area contributed by atoms with E-state index in [1.54, 1.807) is 13.8 Å². The molecule has 1 aromatic rings. The number of aromatic nitrogens is 1. The minimum absolute atomic E-state index is 0.141. The highest BCUT2D eigenvalue weighted by molar-refractivity contribution is 9.10. The summed E-state index contributed by atoms with van der Waals surface area (Å²) in [5.74, 6) is -0.712. The van der Waals surface area contributed by atoms with Gasteiger partial charge < -0.3 is 9.84 Å². The molecule has 0 radical (unpaired) electrons. The number of allylic oxidation sites excluding steroid dienone is 1. The summed E-state index contributed by atoms with van der Waals surface area (Å²) in [4.78, 5) is 7.83. The highest BCUT2D eigenvalue weighted by atomic mass is 79.9. The molecule has 0 saturated carbocycles. The number of halogens is 2. The fourth-order valence-corrected chi connectivity index (χ4v) is 1.29. The molecule has 0 fully saturated rings. The molecule has 0 aromatic carbocycles. The lowest BCUT2D eigenvalue weighted by molar-refractivity contribution is 0.103. The van der Waals surface area contributed by atoms with Gasteiger partial charge in [0.15, 0.2) is 5.82 Å². The van der Waals surface area contributed by atoms with Crippen LogP contribution in [-0.2, 0) is 4.74 Å². The van der Waals surface area contributed by atoms with Crippen LogP contribution in [0.1, 0.15) is 13.8 Å². The summed E-state index contributed by atoms with van der Waals surface area (Å²) in [5.41, 5.74) is 0.850. The van der Waals surface area contributed by atoms with Gasteiger partial charge in [-0.2, -0.15) is 0 Å². The van der Waals surface area contributed by atoms with Crippen LogP contribution in [0.4, 0.5) is 10.1 Å². The predicted molar refractivity (Wildman–Crippen MR) is 67.0 cm³/mol. The van der Waals surface area contributed by atoms with E-state index in [1.807, 2.05) is 0 Å². The lowest BCUT2D eigenvalue weighted by Gasteiger charge is -2.00. The van der Waals surface area contributed by atoms with Gasteiger partial charge in [0.05, 0.1) is 18.5 Å². The first kappa shape index (κ1) is 13.6. The Morgan fingerprint density at radius 1 is 1.71 bits per heavy atom. The number of aliphatic hydroxyl groups is 1. The highest BCUT2D eigenvalue weighted by Crippen LogP contribution is 2.18. The number of aliphatic imine (C=N–C) groups is 1. The lowest BCUT2D eigenvalue weighted by Crippen LogP contribution is -1.94. The van der Waals surface area contributed by atoms with Crippen LogP contribution in [0.25, 0.3) is 0 Å². The van der Waals surface area contributed by atoms with E-state index in [1.165, 1.54) is 18.3 Å². The molecule has 0 bridgehead atoms. The molecular weight excluding hydrogens is 291 g/mol. The van der Waals surface area contributed by atoms with Gasteiger partial charge in [0, 0.05) is 17.9 Å². The van der Waals surface area contributed by atoms with Crippen LogP contribution in [0, 0.1) is 5.82 Å². The quantitative estimate of drug-likeness (QED) is 0.526. The van der Waals surface area contributed by atoms with Crippen molar-refractivity contribution in [3.05, 3.63) is 34.7 Å². The zero-order chi connectivity index (χ0) is 12.8. The second kappa shape index (κ2) is 6.34. The van der Waals surface area contributed by atoms with Crippen molar-refractivity contribution >= 4 is 27.3 Å². The summed E-state index contributed by atoms with van der Waals surface area (Å²) in [6.45, 7) is 3.78. The maximum absolute atomic E-state index is 13.1. The van der Waals surface area contributed by atoms with Crippen molar-refractivity contribution < 1.29 is 14.2 Å². The van der Waals surface area contributed by atoms with Gasteiger partial charge in [-0.05, 0) is 29.8 Å². The number of rotatable bonds is 4.